The Morgan fingerprint density at radius 3 is 2.47 bits per heavy atom. The minimum absolute atomic E-state index is 0.104. The first-order chi connectivity index (χ1) is 8.89. The van der Waals surface area contributed by atoms with Gasteiger partial charge in [0.2, 0.25) is 0 Å². The number of alkyl halides is 3. The van der Waals surface area contributed by atoms with E-state index in [0.717, 1.165) is 6.42 Å². The van der Waals surface area contributed by atoms with Gasteiger partial charge in [-0.1, -0.05) is 18.9 Å². The highest BCUT2D eigenvalue weighted by Gasteiger charge is 2.45. The number of rotatable bonds is 2. The maximum atomic E-state index is 13.7. The van der Waals surface area contributed by atoms with Gasteiger partial charge in [-0.3, -0.25) is 0 Å². The summed E-state index contributed by atoms with van der Waals surface area (Å²) < 4.78 is 52.9. The molecule has 0 amide bonds. The molecule has 0 bridgehead atoms. The van der Waals surface area contributed by atoms with E-state index in [9.17, 15) is 17.6 Å². The molecular weight excluding hydrogens is 326 g/mol. The predicted molar refractivity (Wildman–Crippen MR) is 69.5 cm³/mol. The average Bonchev–Trinajstić information content (AvgIpc) is 2.33. The van der Waals surface area contributed by atoms with Crippen molar-refractivity contribution in [2.24, 2.45) is 5.92 Å². The van der Waals surface area contributed by atoms with Crippen LogP contribution in [0.2, 0.25) is 0 Å². The lowest BCUT2D eigenvalue weighted by molar-refractivity contribution is -0.184. The molecule has 1 N–H and O–H groups in total. The molecule has 1 nitrogen and oxygen atoms in total. The van der Waals surface area contributed by atoms with E-state index in [2.05, 4.69) is 21.2 Å². The van der Waals surface area contributed by atoms with Crippen molar-refractivity contribution < 1.29 is 17.6 Å². The van der Waals surface area contributed by atoms with Crippen LogP contribution in [0.25, 0.3) is 0 Å². The summed E-state index contributed by atoms with van der Waals surface area (Å²) in [4.78, 5) is 0. The van der Waals surface area contributed by atoms with Gasteiger partial charge in [-0.05, 0) is 40.9 Å². The predicted octanol–water partition coefficient (Wildman–Crippen LogP) is 5.12. The first-order valence-corrected chi connectivity index (χ1v) is 6.96. The molecule has 1 saturated carbocycles. The molecular formula is C13H14BrF4N. The number of nitrogens with one attached hydrogen (secondary N) is 1. The number of anilines is 1. The summed E-state index contributed by atoms with van der Waals surface area (Å²) in [6.07, 6.45) is -2.43. The quantitative estimate of drug-likeness (QED) is 0.737. The third kappa shape index (κ3) is 3.41. The van der Waals surface area contributed by atoms with Crippen molar-refractivity contribution in [3.63, 3.8) is 0 Å². The minimum atomic E-state index is -4.24. The second kappa shape index (κ2) is 5.69. The summed E-state index contributed by atoms with van der Waals surface area (Å²) in [6, 6.07) is 3.59. The van der Waals surface area contributed by atoms with E-state index in [4.69, 9.17) is 0 Å². The van der Waals surface area contributed by atoms with Gasteiger partial charge in [-0.15, -0.1) is 0 Å². The first-order valence-electron chi connectivity index (χ1n) is 6.17. The number of hydrogen-bond donors (Lipinski definition) is 1. The molecule has 0 heterocycles. The van der Waals surface area contributed by atoms with Crippen molar-refractivity contribution in [3.8, 4) is 0 Å². The zero-order valence-electron chi connectivity index (χ0n) is 10.1. The van der Waals surface area contributed by atoms with Gasteiger partial charge in [-0.2, -0.15) is 13.2 Å². The largest absolute Gasteiger partial charge is 0.393 e. The highest BCUT2D eigenvalue weighted by Crippen LogP contribution is 2.40. The summed E-state index contributed by atoms with van der Waals surface area (Å²) in [5, 5.41) is 2.73. The molecule has 6 heteroatoms. The molecule has 1 fully saturated rings. The van der Waals surface area contributed by atoms with Gasteiger partial charge in [-0.25, -0.2) is 4.39 Å². The Morgan fingerprint density at radius 2 is 1.84 bits per heavy atom. The van der Waals surface area contributed by atoms with Crippen molar-refractivity contribution in [3.05, 3.63) is 28.5 Å². The average molecular weight is 340 g/mol. The zero-order chi connectivity index (χ0) is 14.0. The fraction of sp³-hybridized carbons (Fsp3) is 0.538. The van der Waals surface area contributed by atoms with Crippen molar-refractivity contribution in [2.75, 3.05) is 5.32 Å². The van der Waals surface area contributed by atoms with E-state index < -0.39 is 24.0 Å². The van der Waals surface area contributed by atoms with Crippen molar-refractivity contribution in [2.45, 2.75) is 37.9 Å². The Labute approximate surface area is 117 Å². The maximum Gasteiger partial charge on any atom is 0.393 e. The fourth-order valence-electron chi connectivity index (χ4n) is 2.52. The van der Waals surface area contributed by atoms with Gasteiger partial charge in [0.15, 0.2) is 0 Å². The summed E-state index contributed by atoms with van der Waals surface area (Å²) in [5.74, 6) is -1.95. The van der Waals surface area contributed by atoms with E-state index in [1.807, 2.05) is 0 Å². The summed E-state index contributed by atoms with van der Waals surface area (Å²) in [5.41, 5.74) is 0.114. The Morgan fingerprint density at radius 1 is 1.16 bits per heavy atom. The van der Waals surface area contributed by atoms with E-state index in [1.165, 1.54) is 12.1 Å². The number of halogens is 5. The van der Waals surface area contributed by atoms with Crippen molar-refractivity contribution in [1.82, 2.24) is 0 Å². The Balaban J connectivity index is 2.20. The molecule has 0 aliphatic heterocycles. The van der Waals surface area contributed by atoms with Gasteiger partial charge < -0.3 is 5.32 Å². The topological polar surface area (TPSA) is 12.0 Å². The van der Waals surface area contributed by atoms with Crippen LogP contribution in [0.15, 0.2) is 22.7 Å². The molecule has 2 unspecified atom stereocenters. The molecule has 2 atom stereocenters. The highest BCUT2D eigenvalue weighted by atomic mass is 79.9. The SMILES string of the molecule is Fc1cccc(Br)c1NC1CCCCC1C(F)(F)F. The van der Waals surface area contributed by atoms with Gasteiger partial charge in [0.1, 0.15) is 5.82 Å². The van der Waals surface area contributed by atoms with Crippen LogP contribution in [0.5, 0.6) is 0 Å². The maximum absolute atomic E-state index is 13.7. The lowest BCUT2D eigenvalue weighted by atomic mass is 9.84. The Kier molecular flexibility index (Phi) is 4.38. The Bertz CT molecular complexity index is 427. The molecule has 2 rings (SSSR count). The van der Waals surface area contributed by atoms with Crippen molar-refractivity contribution in [1.29, 1.82) is 0 Å². The molecule has 1 aromatic carbocycles. The summed E-state index contributed by atoms with van der Waals surface area (Å²) in [7, 11) is 0. The molecule has 0 spiro atoms. The normalized spacial score (nSPS) is 24.3. The van der Waals surface area contributed by atoms with Gasteiger partial charge in [0.25, 0.3) is 0 Å². The second-order valence-corrected chi connectivity index (χ2v) is 5.63. The van der Waals surface area contributed by atoms with Crippen LogP contribution in [0, 0.1) is 11.7 Å². The van der Waals surface area contributed by atoms with Crippen LogP contribution < -0.4 is 5.32 Å². The van der Waals surface area contributed by atoms with Crippen LogP contribution in [0.1, 0.15) is 25.7 Å². The molecule has 0 aromatic heterocycles. The Hall–Kier alpha value is -0.780. The minimum Gasteiger partial charge on any atom is -0.378 e. The van der Waals surface area contributed by atoms with E-state index in [0.29, 0.717) is 17.3 Å². The number of benzene rings is 1. The molecule has 0 saturated heterocycles. The zero-order valence-corrected chi connectivity index (χ0v) is 11.7. The third-order valence-corrected chi connectivity index (χ3v) is 4.14. The molecule has 19 heavy (non-hydrogen) atoms. The van der Waals surface area contributed by atoms with Gasteiger partial charge >= 0.3 is 6.18 Å². The third-order valence-electron chi connectivity index (χ3n) is 3.48. The molecule has 0 radical (unpaired) electrons. The van der Waals surface area contributed by atoms with E-state index in [-0.39, 0.29) is 12.1 Å². The van der Waals surface area contributed by atoms with E-state index in [1.54, 1.807) is 6.07 Å². The lowest BCUT2D eigenvalue weighted by Gasteiger charge is -2.34. The fourth-order valence-corrected chi connectivity index (χ4v) is 2.97. The number of para-hydroxylation sites is 1. The van der Waals surface area contributed by atoms with Crippen LogP contribution in [-0.4, -0.2) is 12.2 Å². The molecule has 1 aliphatic rings. The molecule has 1 aromatic rings. The van der Waals surface area contributed by atoms with Crippen LogP contribution in [-0.2, 0) is 0 Å². The van der Waals surface area contributed by atoms with E-state index >= 15 is 0 Å². The van der Waals surface area contributed by atoms with Crippen LogP contribution in [0.3, 0.4) is 0 Å². The van der Waals surface area contributed by atoms with Gasteiger partial charge in [0.05, 0.1) is 11.6 Å². The summed E-state index contributed by atoms with van der Waals surface area (Å²) >= 11 is 3.16. The highest BCUT2D eigenvalue weighted by molar-refractivity contribution is 9.10. The first kappa shape index (κ1) is 14.6. The van der Waals surface area contributed by atoms with Crippen LogP contribution in [0.4, 0.5) is 23.2 Å². The standard InChI is InChI=1S/C13H14BrF4N/c14-9-5-3-6-10(15)12(9)19-11-7-2-1-4-8(11)13(16,17)18/h3,5-6,8,11,19H,1-2,4,7H2. The van der Waals surface area contributed by atoms with Crippen molar-refractivity contribution >= 4 is 21.6 Å². The lowest BCUT2D eigenvalue weighted by Crippen LogP contribution is -2.41. The summed E-state index contributed by atoms with van der Waals surface area (Å²) in [6.45, 7) is 0. The van der Waals surface area contributed by atoms with Gasteiger partial charge in [0, 0.05) is 10.5 Å². The molecule has 1 aliphatic carbocycles. The number of hydrogen-bond acceptors (Lipinski definition) is 1. The van der Waals surface area contributed by atoms with Crippen LogP contribution >= 0.6 is 15.9 Å². The molecule has 106 valence electrons. The second-order valence-electron chi connectivity index (χ2n) is 4.78. The smallest absolute Gasteiger partial charge is 0.378 e. The monoisotopic (exact) mass is 339 g/mol.